The predicted octanol–water partition coefficient (Wildman–Crippen LogP) is 2.92. The predicted molar refractivity (Wildman–Crippen MR) is 119 cm³/mol. The van der Waals surface area contributed by atoms with Crippen molar-refractivity contribution in [2.75, 3.05) is 20.1 Å². The third-order valence-electron chi connectivity index (χ3n) is 3.84. The van der Waals surface area contributed by atoms with E-state index in [4.69, 9.17) is 0 Å². The molecule has 0 atom stereocenters. The SMILES string of the molecule is CN=C(NCCNC(=O)c1ccc(C)c(F)c1)NCc1nc(C)c(C)s1.I. The monoisotopic (exact) mass is 505 g/mol. The number of carbonyl (C=O) groups is 1. The second kappa shape index (κ2) is 11.2. The van der Waals surface area contributed by atoms with Crippen molar-refractivity contribution in [2.24, 2.45) is 4.99 Å². The Morgan fingerprint density at radius 3 is 2.48 bits per heavy atom. The first-order valence-electron chi connectivity index (χ1n) is 8.32. The summed E-state index contributed by atoms with van der Waals surface area (Å²) in [6.45, 7) is 7.18. The lowest BCUT2D eigenvalue weighted by Crippen LogP contribution is -2.41. The van der Waals surface area contributed by atoms with Crippen molar-refractivity contribution in [2.45, 2.75) is 27.3 Å². The molecule has 0 aliphatic rings. The fourth-order valence-electron chi connectivity index (χ4n) is 2.19. The van der Waals surface area contributed by atoms with Crippen LogP contribution in [-0.4, -0.2) is 37.0 Å². The molecule has 0 spiro atoms. The third-order valence-corrected chi connectivity index (χ3v) is 4.91. The van der Waals surface area contributed by atoms with Crippen LogP contribution in [0.15, 0.2) is 23.2 Å². The molecule has 0 fully saturated rings. The van der Waals surface area contributed by atoms with E-state index in [2.05, 4.69) is 25.9 Å². The van der Waals surface area contributed by atoms with Gasteiger partial charge in [0.2, 0.25) is 0 Å². The first-order valence-corrected chi connectivity index (χ1v) is 9.14. The summed E-state index contributed by atoms with van der Waals surface area (Å²) >= 11 is 1.65. The molecule has 0 saturated heterocycles. The van der Waals surface area contributed by atoms with Gasteiger partial charge < -0.3 is 16.0 Å². The number of carbonyl (C=O) groups excluding carboxylic acids is 1. The maximum Gasteiger partial charge on any atom is 0.251 e. The summed E-state index contributed by atoms with van der Waals surface area (Å²) in [7, 11) is 1.68. The van der Waals surface area contributed by atoms with Gasteiger partial charge in [-0.2, -0.15) is 0 Å². The Morgan fingerprint density at radius 1 is 1.19 bits per heavy atom. The summed E-state index contributed by atoms with van der Waals surface area (Å²) in [6.07, 6.45) is 0. The van der Waals surface area contributed by atoms with Crippen LogP contribution in [0, 0.1) is 26.6 Å². The van der Waals surface area contributed by atoms with Crippen LogP contribution in [0.2, 0.25) is 0 Å². The fraction of sp³-hybridized carbons (Fsp3) is 0.389. The Hall–Kier alpha value is -1.75. The number of hydrogen-bond donors (Lipinski definition) is 3. The van der Waals surface area contributed by atoms with Gasteiger partial charge in [-0.1, -0.05) is 6.07 Å². The molecule has 0 bridgehead atoms. The van der Waals surface area contributed by atoms with Crippen LogP contribution >= 0.6 is 35.3 Å². The molecule has 0 aliphatic carbocycles. The molecule has 6 nitrogen and oxygen atoms in total. The number of aliphatic imine (C=N–C) groups is 1. The van der Waals surface area contributed by atoms with E-state index >= 15 is 0 Å². The standard InChI is InChI=1S/C18H24FN5OS.HI/c1-11-5-6-14(9-15(11)19)17(25)21-7-8-22-18(20-4)23-10-16-24-12(2)13(3)26-16;/h5-6,9H,7-8,10H2,1-4H3,(H,21,25)(H2,20,22,23);1H. The van der Waals surface area contributed by atoms with Crippen molar-refractivity contribution in [3.8, 4) is 0 Å². The highest BCUT2D eigenvalue weighted by Crippen LogP contribution is 2.15. The van der Waals surface area contributed by atoms with E-state index in [1.54, 1.807) is 37.4 Å². The number of aryl methyl sites for hydroxylation is 3. The lowest BCUT2D eigenvalue weighted by atomic mass is 10.1. The van der Waals surface area contributed by atoms with Gasteiger partial charge in [0.25, 0.3) is 5.91 Å². The van der Waals surface area contributed by atoms with E-state index in [-0.39, 0.29) is 35.7 Å². The maximum absolute atomic E-state index is 13.5. The minimum Gasteiger partial charge on any atom is -0.355 e. The fourth-order valence-corrected chi connectivity index (χ4v) is 3.06. The van der Waals surface area contributed by atoms with Gasteiger partial charge in [-0.25, -0.2) is 9.37 Å². The van der Waals surface area contributed by atoms with E-state index in [1.807, 2.05) is 13.8 Å². The Labute approximate surface area is 180 Å². The summed E-state index contributed by atoms with van der Waals surface area (Å²) in [4.78, 5) is 21.8. The highest BCUT2D eigenvalue weighted by Gasteiger charge is 2.08. The number of guanidine groups is 1. The normalized spacial score (nSPS) is 10.9. The molecule has 148 valence electrons. The van der Waals surface area contributed by atoms with Crippen LogP contribution in [0.3, 0.4) is 0 Å². The number of hydrogen-bond acceptors (Lipinski definition) is 4. The van der Waals surface area contributed by atoms with Crippen LogP contribution in [0.5, 0.6) is 0 Å². The van der Waals surface area contributed by atoms with Crippen LogP contribution < -0.4 is 16.0 Å². The lowest BCUT2D eigenvalue weighted by molar-refractivity contribution is 0.0954. The van der Waals surface area contributed by atoms with Crippen molar-refractivity contribution in [3.05, 3.63) is 50.7 Å². The summed E-state index contributed by atoms with van der Waals surface area (Å²) in [5.74, 6) is -0.0541. The molecular weight excluding hydrogens is 480 g/mol. The highest BCUT2D eigenvalue weighted by atomic mass is 127. The van der Waals surface area contributed by atoms with Gasteiger partial charge in [0, 0.05) is 30.6 Å². The van der Waals surface area contributed by atoms with Gasteiger partial charge in [0.15, 0.2) is 5.96 Å². The largest absolute Gasteiger partial charge is 0.355 e. The molecule has 1 aromatic carbocycles. The zero-order chi connectivity index (χ0) is 19.1. The van der Waals surface area contributed by atoms with E-state index in [0.29, 0.717) is 36.7 Å². The number of benzene rings is 1. The minimum atomic E-state index is -0.381. The first kappa shape index (κ1) is 23.3. The Morgan fingerprint density at radius 2 is 1.89 bits per heavy atom. The quantitative estimate of drug-likeness (QED) is 0.244. The van der Waals surface area contributed by atoms with Gasteiger partial charge >= 0.3 is 0 Å². The van der Waals surface area contributed by atoms with Crippen LogP contribution in [-0.2, 0) is 6.54 Å². The first-order chi connectivity index (χ1) is 12.4. The average Bonchev–Trinajstić information content (AvgIpc) is 2.94. The molecule has 9 heteroatoms. The molecular formula is C18H25FIN5OS. The lowest BCUT2D eigenvalue weighted by Gasteiger charge is -2.11. The molecule has 27 heavy (non-hydrogen) atoms. The van der Waals surface area contributed by atoms with Crippen molar-refractivity contribution in [3.63, 3.8) is 0 Å². The number of rotatable bonds is 6. The molecule has 0 radical (unpaired) electrons. The second-order valence-corrected chi connectivity index (χ2v) is 7.11. The van der Waals surface area contributed by atoms with Gasteiger partial charge in [0.1, 0.15) is 10.8 Å². The zero-order valence-corrected chi connectivity index (χ0v) is 19.0. The van der Waals surface area contributed by atoms with Gasteiger partial charge in [-0.15, -0.1) is 35.3 Å². The summed E-state index contributed by atoms with van der Waals surface area (Å²) < 4.78 is 13.5. The summed E-state index contributed by atoms with van der Waals surface area (Å²) in [5, 5.41) is 10.0. The molecule has 0 saturated carbocycles. The smallest absolute Gasteiger partial charge is 0.251 e. The van der Waals surface area contributed by atoms with Crippen molar-refractivity contribution < 1.29 is 9.18 Å². The maximum atomic E-state index is 13.5. The number of amides is 1. The molecule has 0 unspecified atom stereocenters. The van der Waals surface area contributed by atoms with Gasteiger partial charge in [0.05, 0.1) is 12.2 Å². The molecule has 2 rings (SSSR count). The Kier molecular flexibility index (Phi) is 9.64. The van der Waals surface area contributed by atoms with Gasteiger partial charge in [-0.3, -0.25) is 9.79 Å². The van der Waals surface area contributed by atoms with Crippen LogP contribution in [0.4, 0.5) is 4.39 Å². The molecule has 1 amide bonds. The Balaban J connectivity index is 0.00000364. The Bertz CT molecular complexity index is 790. The van der Waals surface area contributed by atoms with Crippen LogP contribution in [0.1, 0.15) is 31.5 Å². The summed E-state index contributed by atoms with van der Waals surface area (Å²) in [6, 6.07) is 4.45. The molecule has 0 aliphatic heterocycles. The second-order valence-electron chi connectivity index (χ2n) is 5.82. The van der Waals surface area contributed by atoms with E-state index in [1.165, 1.54) is 10.9 Å². The number of thiazole rings is 1. The number of aromatic nitrogens is 1. The van der Waals surface area contributed by atoms with Crippen molar-refractivity contribution in [1.29, 1.82) is 0 Å². The number of halogens is 2. The molecule has 2 aromatic rings. The van der Waals surface area contributed by atoms with Crippen molar-refractivity contribution >= 4 is 47.2 Å². The minimum absolute atomic E-state index is 0. The summed E-state index contributed by atoms with van der Waals surface area (Å²) in [5.41, 5.74) is 1.87. The van der Waals surface area contributed by atoms with Gasteiger partial charge in [-0.05, 0) is 38.5 Å². The number of nitrogens with one attached hydrogen (secondary N) is 3. The zero-order valence-electron chi connectivity index (χ0n) is 15.9. The van der Waals surface area contributed by atoms with E-state index < -0.39 is 0 Å². The topological polar surface area (TPSA) is 78.4 Å². The molecule has 1 aromatic heterocycles. The average molecular weight is 505 g/mol. The third kappa shape index (κ3) is 7.06. The van der Waals surface area contributed by atoms with Crippen LogP contribution in [0.25, 0.3) is 0 Å². The van der Waals surface area contributed by atoms with E-state index in [0.717, 1.165) is 10.7 Å². The molecule has 3 N–H and O–H groups in total. The van der Waals surface area contributed by atoms with Crippen molar-refractivity contribution in [1.82, 2.24) is 20.9 Å². The highest BCUT2D eigenvalue weighted by molar-refractivity contribution is 14.0. The number of nitrogens with zero attached hydrogens (tertiary/aromatic N) is 2. The molecule has 1 heterocycles. The van der Waals surface area contributed by atoms with E-state index in [9.17, 15) is 9.18 Å².